The highest BCUT2D eigenvalue weighted by atomic mass is 32.2. The summed E-state index contributed by atoms with van der Waals surface area (Å²) in [4.78, 5) is 25.1. The maximum Gasteiger partial charge on any atom is 0.327 e. The highest BCUT2D eigenvalue weighted by Crippen LogP contribution is 2.18. The minimum atomic E-state index is -4.81. The van der Waals surface area contributed by atoms with Gasteiger partial charge in [-0.25, -0.2) is 0 Å². The molecule has 0 radical (unpaired) electrons. The van der Waals surface area contributed by atoms with Gasteiger partial charge in [-0.3, -0.25) is 14.1 Å². The van der Waals surface area contributed by atoms with Crippen LogP contribution in [0.15, 0.2) is 0 Å². The average Bonchev–Trinajstić information content (AvgIpc) is 3.03. The van der Waals surface area contributed by atoms with Crippen molar-refractivity contribution in [2.24, 2.45) is 0 Å². The van der Waals surface area contributed by atoms with Gasteiger partial charge < -0.3 is 9.47 Å². The summed E-state index contributed by atoms with van der Waals surface area (Å²) < 4.78 is 44.2. The van der Waals surface area contributed by atoms with Crippen LogP contribution in [-0.4, -0.2) is 42.4 Å². The molecule has 0 bridgehead atoms. The van der Waals surface area contributed by atoms with Gasteiger partial charge in [0.1, 0.15) is 0 Å². The Morgan fingerprint density at radius 3 is 1.04 bits per heavy atom. The maximum absolute atomic E-state index is 12.6. The van der Waals surface area contributed by atoms with Crippen molar-refractivity contribution in [3.63, 3.8) is 0 Å². The third kappa shape index (κ3) is 30.9. The summed E-state index contributed by atoms with van der Waals surface area (Å²) in [7, 11) is -4.81. The Balaban J connectivity index is 3.99. The lowest BCUT2D eigenvalue weighted by Crippen LogP contribution is -2.36. The molecule has 0 aliphatic heterocycles. The molecular formula is C40H78O7S. The van der Waals surface area contributed by atoms with E-state index >= 15 is 0 Å². The summed E-state index contributed by atoms with van der Waals surface area (Å²) >= 11 is 0. The van der Waals surface area contributed by atoms with Crippen molar-refractivity contribution in [3.8, 4) is 0 Å². The molecular weight excluding hydrogens is 625 g/mol. The van der Waals surface area contributed by atoms with Gasteiger partial charge >= 0.3 is 11.9 Å². The summed E-state index contributed by atoms with van der Waals surface area (Å²) in [5.41, 5.74) is 0. The highest BCUT2D eigenvalue weighted by molar-refractivity contribution is 7.87. The van der Waals surface area contributed by atoms with Gasteiger partial charge in [0.2, 0.25) is 0 Å². The van der Waals surface area contributed by atoms with E-state index in [1.165, 1.54) is 141 Å². The van der Waals surface area contributed by atoms with Gasteiger partial charge in [-0.2, -0.15) is 8.42 Å². The first-order chi connectivity index (χ1) is 23.1. The fourth-order valence-corrected chi connectivity index (χ4v) is 7.02. The maximum atomic E-state index is 12.6. The minimum Gasteiger partial charge on any atom is -0.463 e. The van der Waals surface area contributed by atoms with Gasteiger partial charge in [0.25, 0.3) is 10.1 Å². The van der Waals surface area contributed by atoms with E-state index in [0.29, 0.717) is 12.8 Å². The molecule has 0 aliphatic carbocycles. The second-order valence-corrected chi connectivity index (χ2v) is 16.1. The van der Waals surface area contributed by atoms with Crippen molar-refractivity contribution in [1.82, 2.24) is 0 Å². The number of carbonyl (C=O) groups is 2. The fraction of sp³-hybridized carbons (Fsp3) is 0.950. The zero-order valence-corrected chi connectivity index (χ0v) is 32.8. The van der Waals surface area contributed by atoms with E-state index in [9.17, 15) is 22.6 Å². The van der Waals surface area contributed by atoms with Crippen LogP contribution in [0, 0.1) is 0 Å². The molecule has 0 aliphatic rings. The molecule has 0 aromatic rings. The molecule has 7 nitrogen and oxygen atoms in total. The Morgan fingerprint density at radius 2 is 0.750 bits per heavy atom. The van der Waals surface area contributed by atoms with Crippen molar-refractivity contribution in [1.29, 1.82) is 0 Å². The van der Waals surface area contributed by atoms with Crippen LogP contribution in [0.5, 0.6) is 0 Å². The molecule has 3 unspecified atom stereocenters. The van der Waals surface area contributed by atoms with Crippen LogP contribution in [0.1, 0.15) is 227 Å². The quantitative estimate of drug-likeness (QED) is 0.0393. The molecule has 286 valence electrons. The van der Waals surface area contributed by atoms with Crippen molar-refractivity contribution < 1.29 is 32.0 Å². The van der Waals surface area contributed by atoms with E-state index in [-0.39, 0.29) is 6.10 Å². The van der Waals surface area contributed by atoms with Crippen LogP contribution in [0.2, 0.25) is 0 Å². The molecule has 0 aromatic heterocycles. The molecule has 0 amide bonds. The minimum absolute atomic E-state index is 0.382. The molecule has 0 heterocycles. The van der Waals surface area contributed by atoms with E-state index in [0.717, 1.165) is 38.5 Å². The normalized spacial score (nSPS) is 13.7. The Labute approximate surface area is 297 Å². The SMILES string of the molecule is CCCCCCCCCCCCCCCCC(C)OC(=O)CC(C(=O)OC(C)CCCCCCCCCCCCCCCC)S(=O)(=O)O. The van der Waals surface area contributed by atoms with Crippen LogP contribution in [0.4, 0.5) is 0 Å². The third-order valence-electron chi connectivity index (χ3n) is 9.55. The Bertz CT molecular complexity index is 845. The van der Waals surface area contributed by atoms with Crippen molar-refractivity contribution >= 4 is 22.1 Å². The van der Waals surface area contributed by atoms with E-state index < -0.39 is 39.8 Å². The average molecular weight is 703 g/mol. The number of ether oxygens (including phenoxy) is 2. The number of carbonyl (C=O) groups excluding carboxylic acids is 2. The van der Waals surface area contributed by atoms with E-state index in [2.05, 4.69) is 13.8 Å². The monoisotopic (exact) mass is 703 g/mol. The lowest BCUT2D eigenvalue weighted by Gasteiger charge is -2.19. The van der Waals surface area contributed by atoms with Crippen LogP contribution in [0.3, 0.4) is 0 Å². The van der Waals surface area contributed by atoms with E-state index in [4.69, 9.17) is 9.47 Å². The van der Waals surface area contributed by atoms with E-state index in [1.54, 1.807) is 13.8 Å². The van der Waals surface area contributed by atoms with Gasteiger partial charge in [-0.15, -0.1) is 0 Å². The smallest absolute Gasteiger partial charge is 0.327 e. The first-order valence-electron chi connectivity index (χ1n) is 20.5. The molecule has 0 fully saturated rings. The number of rotatable bonds is 36. The van der Waals surface area contributed by atoms with Gasteiger partial charge in [-0.1, -0.05) is 181 Å². The Kier molecular flexibility index (Phi) is 32.2. The molecule has 1 N–H and O–H groups in total. The summed E-state index contributed by atoms with van der Waals surface area (Å²) in [6.07, 6.45) is 35.1. The van der Waals surface area contributed by atoms with Crippen LogP contribution in [-0.2, 0) is 29.2 Å². The largest absolute Gasteiger partial charge is 0.463 e. The zero-order valence-electron chi connectivity index (χ0n) is 32.0. The van der Waals surface area contributed by atoms with Crippen LogP contribution in [0.25, 0.3) is 0 Å². The molecule has 0 saturated carbocycles. The fourth-order valence-electron chi connectivity index (χ4n) is 6.38. The van der Waals surface area contributed by atoms with Crippen molar-refractivity contribution in [2.75, 3.05) is 0 Å². The number of unbranched alkanes of at least 4 members (excludes halogenated alkanes) is 26. The van der Waals surface area contributed by atoms with Crippen molar-refractivity contribution in [3.05, 3.63) is 0 Å². The zero-order chi connectivity index (χ0) is 35.7. The lowest BCUT2D eigenvalue weighted by molar-refractivity contribution is -0.155. The predicted octanol–water partition coefficient (Wildman–Crippen LogP) is 12.2. The van der Waals surface area contributed by atoms with Gasteiger partial charge in [0.15, 0.2) is 5.25 Å². The summed E-state index contributed by atoms with van der Waals surface area (Å²) in [5, 5.41) is -1.96. The molecule has 3 atom stereocenters. The summed E-state index contributed by atoms with van der Waals surface area (Å²) in [6.45, 7) is 8.00. The summed E-state index contributed by atoms with van der Waals surface area (Å²) in [5.74, 6) is -1.90. The molecule has 0 saturated heterocycles. The standard InChI is InChI=1S/C40H78O7S/c1-5-7-9-11-13-15-17-19-21-23-25-27-29-31-33-36(3)46-39(41)35-38(48(43,44)45)40(42)47-37(4)34-32-30-28-26-24-22-20-18-16-14-12-10-8-6-2/h36-38H,5-35H2,1-4H3,(H,43,44,45). The number of esters is 2. The van der Waals surface area contributed by atoms with E-state index in [1.807, 2.05) is 0 Å². The second kappa shape index (κ2) is 33.0. The lowest BCUT2D eigenvalue weighted by atomic mass is 10.0. The molecule has 48 heavy (non-hydrogen) atoms. The van der Waals surface area contributed by atoms with Gasteiger partial charge in [-0.05, 0) is 39.5 Å². The second-order valence-electron chi connectivity index (χ2n) is 14.5. The molecule has 0 aromatic carbocycles. The van der Waals surface area contributed by atoms with Crippen molar-refractivity contribution in [2.45, 2.75) is 244 Å². The first-order valence-corrected chi connectivity index (χ1v) is 22.0. The Morgan fingerprint density at radius 1 is 0.479 bits per heavy atom. The number of hydrogen-bond acceptors (Lipinski definition) is 6. The van der Waals surface area contributed by atoms with Crippen LogP contribution < -0.4 is 0 Å². The number of hydrogen-bond donors (Lipinski definition) is 1. The highest BCUT2D eigenvalue weighted by Gasteiger charge is 2.36. The third-order valence-corrected chi connectivity index (χ3v) is 10.6. The predicted molar refractivity (Wildman–Crippen MR) is 201 cm³/mol. The van der Waals surface area contributed by atoms with Crippen LogP contribution >= 0.6 is 0 Å². The van der Waals surface area contributed by atoms with Gasteiger partial charge in [0.05, 0.1) is 18.6 Å². The molecule has 0 spiro atoms. The molecule has 0 rings (SSSR count). The Hall–Kier alpha value is -1.15. The van der Waals surface area contributed by atoms with Gasteiger partial charge in [0, 0.05) is 0 Å². The first kappa shape index (κ1) is 46.9. The summed E-state index contributed by atoms with van der Waals surface area (Å²) in [6, 6.07) is 0. The topological polar surface area (TPSA) is 107 Å². The molecule has 8 heteroatoms.